The van der Waals surface area contributed by atoms with Crippen molar-refractivity contribution in [2.45, 2.75) is 31.7 Å². The van der Waals surface area contributed by atoms with Crippen molar-refractivity contribution < 1.29 is 9.47 Å². The summed E-state index contributed by atoms with van der Waals surface area (Å²) in [4.78, 5) is 4.78. The number of hydrogen-bond donors (Lipinski definition) is 2. The number of guanidine groups is 1. The van der Waals surface area contributed by atoms with Crippen LogP contribution in [0.1, 0.15) is 30.9 Å². The molecule has 2 aromatic rings. The van der Waals surface area contributed by atoms with E-state index in [1.807, 2.05) is 18.2 Å². The van der Waals surface area contributed by atoms with Crippen molar-refractivity contribution in [2.24, 2.45) is 4.99 Å². The quantitative estimate of drug-likeness (QED) is 0.335. The largest absolute Gasteiger partial charge is 0.496 e. The van der Waals surface area contributed by atoms with E-state index in [1.54, 1.807) is 7.11 Å². The second-order valence-corrected chi connectivity index (χ2v) is 7.12. The van der Waals surface area contributed by atoms with Gasteiger partial charge in [0.25, 0.3) is 0 Å². The highest BCUT2D eigenvalue weighted by molar-refractivity contribution is 14.0. The molecule has 6 heteroatoms. The van der Waals surface area contributed by atoms with Gasteiger partial charge in [-0.3, -0.25) is 0 Å². The summed E-state index contributed by atoms with van der Waals surface area (Å²) in [5.74, 6) is 1.70. The molecule has 158 valence electrons. The van der Waals surface area contributed by atoms with Crippen LogP contribution in [0, 0.1) is 0 Å². The molecule has 1 heterocycles. The number of nitrogens with zero attached hydrogens (tertiary/aromatic N) is 1. The maximum absolute atomic E-state index is 5.64. The van der Waals surface area contributed by atoms with E-state index in [0.717, 1.165) is 56.4 Å². The number of benzene rings is 2. The fourth-order valence-corrected chi connectivity index (χ4v) is 3.71. The van der Waals surface area contributed by atoms with E-state index in [9.17, 15) is 0 Å². The molecule has 0 amide bonds. The molecule has 1 aliphatic rings. The van der Waals surface area contributed by atoms with Crippen molar-refractivity contribution in [3.8, 4) is 5.75 Å². The van der Waals surface area contributed by atoms with E-state index in [2.05, 4.69) is 54.0 Å². The lowest BCUT2D eigenvalue weighted by Gasteiger charge is -2.38. The minimum absolute atomic E-state index is 0. The molecule has 5 nitrogen and oxygen atoms in total. The zero-order valence-corrected chi connectivity index (χ0v) is 19.6. The minimum atomic E-state index is 0. The van der Waals surface area contributed by atoms with Crippen LogP contribution in [-0.4, -0.2) is 39.4 Å². The maximum atomic E-state index is 5.64. The van der Waals surface area contributed by atoms with Crippen LogP contribution in [0.2, 0.25) is 0 Å². The Hall–Kier alpha value is -1.80. The first-order chi connectivity index (χ1) is 13.8. The highest BCUT2D eigenvalue weighted by Gasteiger charge is 2.34. The van der Waals surface area contributed by atoms with E-state index in [-0.39, 0.29) is 29.4 Å². The molecule has 0 aromatic heterocycles. The molecule has 0 unspecified atom stereocenters. The first-order valence-electron chi connectivity index (χ1n) is 10.0. The third-order valence-electron chi connectivity index (χ3n) is 5.37. The summed E-state index contributed by atoms with van der Waals surface area (Å²) in [5, 5.41) is 6.95. The Kier molecular flexibility index (Phi) is 9.73. The van der Waals surface area contributed by atoms with Gasteiger partial charge in [-0.25, -0.2) is 4.99 Å². The molecule has 0 aliphatic carbocycles. The molecule has 1 aliphatic heterocycles. The third kappa shape index (κ3) is 6.34. The lowest BCUT2D eigenvalue weighted by atomic mass is 9.74. The number of rotatable bonds is 7. The highest BCUT2D eigenvalue weighted by Crippen LogP contribution is 2.34. The Labute approximate surface area is 191 Å². The van der Waals surface area contributed by atoms with Crippen LogP contribution < -0.4 is 15.4 Å². The van der Waals surface area contributed by atoms with Gasteiger partial charge < -0.3 is 20.1 Å². The molecule has 1 fully saturated rings. The van der Waals surface area contributed by atoms with Crippen LogP contribution in [0.4, 0.5) is 0 Å². The van der Waals surface area contributed by atoms with E-state index >= 15 is 0 Å². The summed E-state index contributed by atoms with van der Waals surface area (Å²) in [5.41, 5.74) is 2.51. The predicted octanol–water partition coefficient (Wildman–Crippen LogP) is 4.12. The van der Waals surface area contributed by atoms with Gasteiger partial charge in [0, 0.05) is 37.3 Å². The first-order valence-corrected chi connectivity index (χ1v) is 10.0. The average molecular weight is 509 g/mol. The molecule has 0 spiro atoms. The number of aliphatic imine (C=N–C) groups is 1. The standard InChI is InChI=1S/C23H31N3O2.HI/c1-3-24-22(25-17-19-9-7-8-12-21(19)27-2)26-18-23(13-15-28-16-14-23)20-10-5-4-6-11-20;/h4-12H,3,13-18H2,1-2H3,(H2,24,25,26);1H. The molecular formula is C23H32IN3O2. The Bertz CT molecular complexity index is 762. The van der Waals surface area contributed by atoms with Crippen molar-refractivity contribution in [2.75, 3.05) is 33.4 Å². The van der Waals surface area contributed by atoms with Gasteiger partial charge in [0.15, 0.2) is 5.96 Å². The second kappa shape index (κ2) is 12.0. The Morgan fingerprint density at radius 1 is 1.03 bits per heavy atom. The van der Waals surface area contributed by atoms with Crippen molar-refractivity contribution >= 4 is 29.9 Å². The number of nitrogens with one attached hydrogen (secondary N) is 2. The van der Waals surface area contributed by atoms with Gasteiger partial charge in [-0.05, 0) is 31.4 Å². The topological polar surface area (TPSA) is 54.9 Å². The van der Waals surface area contributed by atoms with Crippen molar-refractivity contribution in [1.29, 1.82) is 0 Å². The lowest BCUT2D eigenvalue weighted by molar-refractivity contribution is 0.0514. The highest BCUT2D eigenvalue weighted by atomic mass is 127. The summed E-state index contributed by atoms with van der Waals surface area (Å²) >= 11 is 0. The summed E-state index contributed by atoms with van der Waals surface area (Å²) in [6, 6.07) is 18.8. The predicted molar refractivity (Wildman–Crippen MR) is 129 cm³/mol. The van der Waals surface area contributed by atoms with E-state index in [1.165, 1.54) is 5.56 Å². The lowest BCUT2D eigenvalue weighted by Crippen LogP contribution is -2.48. The van der Waals surface area contributed by atoms with E-state index in [4.69, 9.17) is 14.5 Å². The summed E-state index contributed by atoms with van der Waals surface area (Å²) < 4.78 is 11.1. The van der Waals surface area contributed by atoms with Crippen LogP contribution in [0.5, 0.6) is 5.75 Å². The van der Waals surface area contributed by atoms with Crippen molar-refractivity contribution in [3.05, 3.63) is 65.7 Å². The fraction of sp³-hybridized carbons (Fsp3) is 0.435. The van der Waals surface area contributed by atoms with E-state index < -0.39 is 0 Å². The third-order valence-corrected chi connectivity index (χ3v) is 5.37. The Balaban J connectivity index is 0.00000300. The zero-order chi connectivity index (χ0) is 19.7. The molecule has 0 bridgehead atoms. The van der Waals surface area contributed by atoms with Gasteiger partial charge in [0.2, 0.25) is 0 Å². The van der Waals surface area contributed by atoms with Gasteiger partial charge in [0.1, 0.15) is 5.75 Å². The Morgan fingerprint density at radius 2 is 1.72 bits per heavy atom. The van der Waals surface area contributed by atoms with Gasteiger partial charge in [-0.2, -0.15) is 0 Å². The molecule has 29 heavy (non-hydrogen) atoms. The number of ether oxygens (including phenoxy) is 2. The molecule has 1 saturated heterocycles. The molecule has 0 atom stereocenters. The summed E-state index contributed by atoms with van der Waals surface area (Å²) in [6.45, 7) is 5.90. The number of halogens is 1. The molecule has 0 saturated carbocycles. The number of hydrogen-bond acceptors (Lipinski definition) is 3. The molecular weight excluding hydrogens is 477 g/mol. The van der Waals surface area contributed by atoms with Gasteiger partial charge >= 0.3 is 0 Å². The smallest absolute Gasteiger partial charge is 0.191 e. The number of para-hydroxylation sites is 1. The molecule has 3 rings (SSSR count). The van der Waals surface area contributed by atoms with Crippen LogP contribution >= 0.6 is 24.0 Å². The maximum Gasteiger partial charge on any atom is 0.191 e. The zero-order valence-electron chi connectivity index (χ0n) is 17.3. The monoisotopic (exact) mass is 509 g/mol. The van der Waals surface area contributed by atoms with Gasteiger partial charge in [0.05, 0.1) is 13.7 Å². The SMILES string of the molecule is CCNC(=NCc1ccccc1OC)NCC1(c2ccccc2)CCOCC1.I. The minimum Gasteiger partial charge on any atom is -0.496 e. The fourth-order valence-electron chi connectivity index (χ4n) is 3.71. The molecule has 2 aromatic carbocycles. The van der Waals surface area contributed by atoms with Gasteiger partial charge in [-0.1, -0.05) is 48.5 Å². The first kappa shape index (κ1) is 23.5. The molecule has 0 radical (unpaired) electrons. The average Bonchev–Trinajstić information content (AvgIpc) is 2.77. The summed E-state index contributed by atoms with van der Waals surface area (Å²) in [6.07, 6.45) is 2.02. The summed E-state index contributed by atoms with van der Waals surface area (Å²) in [7, 11) is 1.70. The molecule has 2 N–H and O–H groups in total. The van der Waals surface area contributed by atoms with Crippen LogP contribution in [0.15, 0.2) is 59.6 Å². The van der Waals surface area contributed by atoms with Crippen molar-refractivity contribution in [1.82, 2.24) is 10.6 Å². The van der Waals surface area contributed by atoms with Crippen LogP contribution in [-0.2, 0) is 16.7 Å². The van der Waals surface area contributed by atoms with Crippen LogP contribution in [0.25, 0.3) is 0 Å². The number of methoxy groups -OCH3 is 1. The normalized spacial score (nSPS) is 15.9. The van der Waals surface area contributed by atoms with Gasteiger partial charge in [-0.15, -0.1) is 24.0 Å². The van der Waals surface area contributed by atoms with Crippen LogP contribution in [0.3, 0.4) is 0 Å². The Morgan fingerprint density at radius 3 is 2.41 bits per heavy atom. The second-order valence-electron chi connectivity index (χ2n) is 7.12. The van der Waals surface area contributed by atoms with Crippen molar-refractivity contribution in [3.63, 3.8) is 0 Å². The van der Waals surface area contributed by atoms with E-state index in [0.29, 0.717) is 6.54 Å².